The summed E-state index contributed by atoms with van der Waals surface area (Å²) in [5.74, 6) is 0.570. The molecule has 0 spiro atoms. The number of anilines is 1. The number of hydrogen-bond acceptors (Lipinski definition) is 8. The minimum atomic E-state index is -0.329. The lowest BCUT2D eigenvalue weighted by molar-refractivity contribution is -0.158. The second kappa shape index (κ2) is 13.1. The molecule has 2 N–H and O–H groups in total. The summed E-state index contributed by atoms with van der Waals surface area (Å²) in [4.78, 5) is 30.2. The van der Waals surface area contributed by atoms with E-state index in [1.807, 2.05) is 0 Å². The van der Waals surface area contributed by atoms with Gasteiger partial charge in [0, 0.05) is 56.7 Å². The van der Waals surface area contributed by atoms with Crippen LogP contribution in [0.4, 0.5) is 5.69 Å². The van der Waals surface area contributed by atoms with E-state index in [2.05, 4.69) is 9.80 Å². The van der Waals surface area contributed by atoms with Gasteiger partial charge in [-0.05, 0) is 69.8 Å². The molecule has 2 bridgehead atoms. The first kappa shape index (κ1) is 28.0. The van der Waals surface area contributed by atoms with Gasteiger partial charge in [0.05, 0.1) is 24.8 Å². The summed E-state index contributed by atoms with van der Waals surface area (Å²) in [6, 6.07) is 4.66. The third-order valence-corrected chi connectivity index (χ3v) is 8.49. The first-order valence-corrected chi connectivity index (χ1v) is 13.8. The number of likely N-dealkylation sites (tertiary alicyclic amines) is 1. The van der Waals surface area contributed by atoms with Gasteiger partial charge < -0.3 is 24.8 Å². The number of nitrogens with zero attached hydrogens (tertiary/aromatic N) is 3. The average Bonchev–Trinajstić information content (AvgIpc) is 2.92. The number of carbonyl (C=O) groups excluding carboxylic acids is 2. The Morgan fingerprint density at radius 1 is 1.05 bits per heavy atom. The van der Waals surface area contributed by atoms with Gasteiger partial charge >= 0.3 is 5.97 Å². The number of nitrogens with two attached hydrogens (primary N) is 1. The number of rotatable bonds is 11. The highest BCUT2D eigenvalue weighted by Crippen LogP contribution is 2.30. The molecule has 1 aromatic rings. The second-order valence-corrected chi connectivity index (χ2v) is 10.8. The molecule has 1 amide bonds. The van der Waals surface area contributed by atoms with Gasteiger partial charge in [-0.1, -0.05) is 6.42 Å². The molecule has 1 unspecified atom stereocenters. The zero-order valence-electron chi connectivity index (χ0n) is 22.1. The molecule has 0 saturated carbocycles. The average molecular weight is 537 g/mol. The van der Waals surface area contributed by atoms with E-state index in [0.29, 0.717) is 42.3 Å². The van der Waals surface area contributed by atoms with Gasteiger partial charge in [0.2, 0.25) is 0 Å². The third-order valence-electron chi connectivity index (χ3n) is 8.09. The zero-order valence-corrected chi connectivity index (χ0v) is 22.8. The van der Waals surface area contributed by atoms with E-state index in [0.717, 1.165) is 64.8 Å². The molecule has 5 rings (SSSR count). The molecule has 4 aliphatic heterocycles. The predicted molar refractivity (Wildman–Crippen MR) is 143 cm³/mol. The fourth-order valence-electron chi connectivity index (χ4n) is 5.87. The number of ether oxygens (including phenoxy) is 3. The number of amides is 1. The zero-order chi connectivity index (χ0) is 26.4. The molecular weight excluding hydrogens is 496 g/mol. The van der Waals surface area contributed by atoms with Crippen molar-refractivity contribution < 1.29 is 23.8 Å². The van der Waals surface area contributed by atoms with Crippen molar-refractivity contribution in [2.75, 3.05) is 59.2 Å². The summed E-state index contributed by atoms with van der Waals surface area (Å²) in [7, 11) is 3.16. The summed E-state index contributed by atoms with van der Waals surface area (Å²) in [6.07, 6.45) is 6.22. The number of halogens is 1. The van der Waals surface area contributed by atoms with Gasteiger partial charge in [0.15, 0.2) is 0 Å². The summed E-state index contributed by atoms with van der Waals surface area (Å²) in [5.41, 5.74) is 6.70. The Labute approximate surface area is 225 Å². The molecule has 10 heteroatoms. The van der Waals surface area contributed by atoms with Crippen LogP contribution in [0.25, 0.3) is 0 Å². The number of esters is 1. The molecule has 4 aliphatic rings. The van der Waals surface area contributed by atoms with E-state index >= 15 is 0 Å². The monoisotopic (exact) mass is 536 g/mol. The molecule has 0 radical (unpaired) electrons. The van der Waals surface area contributed by atoms with Crippen LogP contribution in [0.1, 0.15) is 55.3 Å². The number of carbonyl (C=O) groups is 2. The summed E-state index contributed by atoms with van der Waals surface area (Å²) in [6.45, 7) is 5.64. The van der Waals surface area contributed by atoms with Gasteiger partial charge in [0.25, 0.3) is 5.91 Å². The minimum absolute atomic E-state index is 0.0522. The van der Waals surface area contributed by atoms with Crippen LogP contribution in [0.3, 0.4) is 0 Å². The van der Waals surface area contributed by atoms with Crippen LogP contribution in [-0.4, -0.2) is 97.8 Å². The van der Waals surface area contributed by atoms with Crippen LogP contribution in [0, 0.1) is 5.92 Å². The van der Waals surface area contributed by atoms with Crippen LogP contribution in [-0.2, 0) is 14.3 Å². The van der Waals surface area contributed by atoms with Gasteiger partial charge in [-0.3, -0.25) is 14.5 Å². The first-order chi connectivity index (χ1) is 17.9. The van der Waals surface area contributed by atoms with Crippen LogP contribution < -0.4 is 10.5 Å². The Bertz CT molecular complexity index is 926. The first-order valence-electron chi connectivity index (χ1n) is 13.5. The molecule has 4 fully saturated rings. The highest BCUT2D eigenvalue weighted by molar-refractivity contribution is 6.24. The Morgan fingerprint density at radius 3 is 2.51 bits per heavy atom. The number of benzene rings is 1. The molecule has 3 atom stereocenters. The lowest BCUT2D eigenvalue weighted by Gasteiger charge is -2.43. The lowest BCUT2D eigenvalue weighted by atomic mass is 9.86. The molecule has 206 valence electrons. The maximum Gasteiger partial charge on any atom is 0.306 e. The van der Waals surface area contributed by atoms with Crippen LogP contribution in [0.2, 0.25) is 0 Å². The van der Waals surface area contributed by atoms with Crippen LogP contribution in [0.5, 0.6) is 5.75 Å². The van der Waals surface area contributed by atoms with Gasteiger partial charge in [-0.25, -0.2) is 4.42 Å². The van der Waals surface area contributed by atoms with E-state index in [1.54, 1.807) is 25.3 Å². The number of unbranched alkanes of at least 4 members (excludes halogenated alkanes) is 2. The van der Waals surface area contributed by atoms with Crippen molar-refractivity contribution >= 4 is 29.3 Å². The van der Waals surface area contributed by atoms with Crippen LogP contribution in [0.15, 0.2) is 18.2 Å². The molecular formula is C27H41ClN4O5. The molecule has 0 aromatic heterocycles. The quantitative estimate of drug-likeness (QED) is 0.199. The van der Waals surface area contributed by atoms with E-state index in [9.17, 15) is 9.59 Å². The normalized spacial score (nSPS) is 27.6. The Kier molecular flexibility index (Phi) is 9.92. The van der Waals surface area contributed by atoms with Gasteiger partial charge in [-0.15, -0.1) is 0 Å². The van der Waals surface area contributed by atoms with Crippen molar-refractivity contribution in [1.29, 1.82) is 0 Å². The molecule has 9 nitrogen and oxygen atoms in total. The maximum atomic E-state index is 13.1. The van der Waals surface area contributed by atoms with Crippen molar-refractivity contribution in [2.24, 2.45) is 5.92 Å². The van der Waals surface area contributed by atoms with Crippen molar-refractivity contribution in [3.8, 4) is 5.75 Å². The minimum Gasteiger partial charge on any atom is -0.496 e. The number of methoxy groups -OCH3 is 2. The van der Waals surface area contributed by atoms with E-state index < -0.39 is 0 Å². The van der Waals surface area contributed by atoms with E-state index in [4.69, 9.17) is 31.7 Å². The topological polar surface area (TPSA) is 97.6 Å². The molecule has 37 heavy (non-hydrogen) atoms. The fraction of sp³-hybridized carbons (Fsp3) is 0.704. The molecule has 1 aromatic carbocycles. The molecule has 0 aliphatic carbocycles. The summed E-state index contributed by atoms with van der Waals surface area (Å²) < 4.78 is 18.1. The highest BCUT2D eigenvalue weighted by atomic mass is 35.5. The number of hydrogen-bond donors (Lipinski definition) is 1. The van der Waals surface area contributed by atoms with Crippen LogP contribution >= 0.6 is 11.8 Å². The largest absolute Gasteiger partial charge is 0.496 e. The smallest absolute Gasteiger partial charge is 0.306 e. The summed E-state index contributed by atoms with van der Waals surface area (Å²) >= 11 is 6.55. The number of fused-ring (bicyclic) bond motifs is 3. The van der Waals surface area contributed by atoms with Gasteiger partial charge in [-0.2, -0.15) is 0 Å². The van der Waals surface area contributed by atoms with Crippen molar-refractivity contribution in [3.05, 3.63) is 23.8 Å². The van der Waals surface area contributed by atoms with Crippen molar-refractivity contribution in [3.63, 3.8) is 0 Å². The maximum absolute atomic E-state index is 13.1. The number of piperidine rings is 4. The predicted octanol–water partition coefficient (Wildman–Crippen LogP) is 3.16. The standard InChI is InChI=1S/C27H41ClN4O5/c1-35-23-16-20(29)7-8-21(23)27(34)32(28)22-11-15-30(18-25(22)36-2)12-5-3-4-6-26(33)37-24-17-31-13-9-19(24)10-14-31/h7-8,16,19,22,24-25H,3-6,9-15,17-18,29H2,1-2H3/t22-,24?,25+/m1/s1. The molecule has 4 saturated heterocycles. The Morgan fingerprint density at radius 2 is 1.84 bits per heavy atom. The SMILES string of the molecule is COc1cc(N)ccc1C(=O)N(Cl)[C@@H]1CCN(CCCCCC(=O)OC2CN3CCC2CC3)C[C@@H]1OC. The van der Waals surface area contributed by atoms with Crippen molar-refractivity contribution in [2.45, 2.75) is 63.2 Å². The third kappa shape index (κ3) is 7.07. The van der Waals surface area contributed by atoms with E-state index in [-0.39, 0.29) is 30.1 Å². The second-order valence-electron chi connectivity index (χ2n) is 10.5. The van der Waals surface area contributed by atoms with Gasteiger partial charge in [0.1, 0.15) is 11.9 Å². The highest BCUT2D eigenvalue weighted by Gasteiger charge is 2.37. The lowest BCUT2D eigenvalue weighted by Crippen LogP contribution is -2.53. The fourth-order valence-corrected chi connectivity index (χ4v) is 6.18. The number of nitrogen functional groups attached to an aromatic ring is 1. The Balaban J connectivity index is 1.17. The summed E-state index contributed by atoms with van der Waals surface area (Å²) in [5, 5.41) is 0. The molecule has 4 heterocycles. The van der Waals surface area contributed by atoms with E-state index in [1.165, 1.54) is 11.5 Å². The van der Waals surface area contributed by atoms with Crippen molar-refractivity contribution in [1.82, 2.24) is 14.2 Å². The Hall–Kier alpha value is -2.07.